The van der Waals surface area contributed by atoms with Gasteiger partial charge in [0.25, 0.3) is 5.91 Å². The van der Waals surface area contributed by atoms with E-state index in [1.54, 1.807) is 36.4 Å². The van der Waals surface area contributed by atoms with E-state index >= 15 is 0 Å². The average molecular weight is 418 g/mol. The van der Waals surface area contributed by atoms with Crippen LogP contribution >= 0.6 is 27.5 Å². The highest BCUT2D eigenvalue weighted by Crippen LogP contribution is 2.21. The van der Waals surface area contributed by atoms with Crippen molar-refractivity contribution in [2.24, 2.45) is 0 Å². The number of rotatable bonds is 6. The second-order valence-corrected chi connectivity index (χ2v) is 7.68. The summed E-state index contributed by atoms with van der Waals surface area (Å²) in [6.45, 7) is 0.231. The highest BCUT2D eigenvalue weighted by Gasteiger charge is 2.13. The molecule has 8 heteroatoms. The van der Waals surface area contributed by atoms with Crippen molar-refractivity contribution in [3.05, 3.63) is 63.6 Å². The van der Waals surface area contributed by atoms with Crippen molar-refractivity contribution in [2.75, 3.05) is 13.1 Å². The summed E-state index contributed by atoms with van der Waals surface area (Å²) in [4.78, 5) is 12.2. The van der Waals surface area contributed by atoms with Gasteiger partial charge in [0.2, 0.25) is 10.0 Å². The van der Waals surface area contributed by atoms with Crippen LogP contribution in [0.15, 0.2) is 57.9 Å². The van der Waals surface area contributed by atoms with E-state index in [4.69, 9.17) is 11.6 Å². The zero-order chi connectivity index (χ0) is 16.9. The summed E-state index contributed by atoms with van der Waals surface area (Å²) < 4.78 is 27.2. The van der Waals surface area contributed by atoms with Crippen LogP contribution < -0.4 is 10.0 Å². The Morgan fingerprint density at radius 1 is 1.09 bits per heavy atom. The highest BCUT2D eigenvalue weighted by atomic mass is 79.9. The van der Waals surface area contributed by atoms with Crippen LogP contribution in [-0.2, 0) is 10.0 Å². The Bertz CT molecular complexity index is 798. The molecule has 2 rings (SSSR count). The van der Waals surface area contributed by atoms with Gasteiger partial charge in [-0.2, -0.15) is 0 Å². The molecular weight excluding hydrogens is 404 g/mol. The molecule has 0 aliphatic rings. The van der Waals surface area contributed by atoms with Gasteiger partial charge in [0.15, 0.2) is 0 Å². The molecule has 2 aromatic rings. The number of amides is 1. The fourth-order valence-corrected chi connectivity index (χ4v) is 3.63. The molecule has 0 fully saturated rings. The van der Waals surface area contributed by atoms with Crippen molar-refractivity contribution >= 4 is 43.5 Å². The van der Waals surface area contributed by atoms with Crippen LogP contribution in [-0.4, -0.2) is 27.4 Å². The van der Waals surface area contributed by atoms with Crippen molar-refractivity contribution in [3.63, 3.8) is 0 Å². The van der Waals surface area contributed by atoms with Crippen LogP contribution in [0.5, 0.6) is 0 Å². The molecule has 0 bridgehead atoms. The molecule has 0 atom stereocenters. The third-order valence-corrected chi connectivity index (χ3v) is 5.21. The molecule has 0 aromatic heterocycles. The Morgan fingerprint density at radius 3 is 2.43 bits per heavy atom. The minimum Gasteiger partial charge on any atom is -0.351 e. The van der Waals surface area contributed by atoms with Gasteiger partial charge in [0.05, 0.1) is 15.5 Å². The fraction of sp³-hybridized carbons (Fsp3) is 0.133. The minimum absolute atomic E-state index is 0.0805. The van der Waals surface area contributed by atoms with E-state index in [-0.39, 0.29) is 23.9 Å². The largest absolute Gasteiger partial charge is 0.351 e. The molecule has 122 valence electrons. The summed E-state index contributed by atoms with van der Waals surface area (Å²) in [5.41, 5.74) is 0.334. The highest BCUT2D eigenvalue weighted by molar-refractivity contribution is 9.10. The molecule has 0 aliphatic heterocycles. The lowest BCUT2D eigenvalue weighted by Gasteiger charge is -2.09. The van der Waals surface area contributed by atoms with Gasteiger partial charge in [0, 0.05) is 17.6 Å². The van der Waals surface area contributed by atoms with E-state index < -0.39 is 10.0 Å². The number of nitrogens with one attached hydrogen (secondary N) is 2. The van der Waals surface area contributed by atoms with E-state index in [1.807, 2.05) is 0 Å². The lowest BCUT2D eigenvalue weighted by atomic mass is 10.2. The molecule has 0 spiro atoms. The van der Waals surface area contributed by atoms with Crippen LogP contribution in [0.4, 0.5) is 0 Å². The average Bonchev–Trinajstić information content (AvgIpc) is 2.52. The van der Waals surface area contributed by atoms with Crippen molar-refractivity contribution in [3.8, 4) is 0 Å². The number of carbonyl (C=O) groups is 1. The Hall–Kier alpha value is -1.41. The number of hydrogen-bond acceptors (Lipinski definition) is 3. The number of hydrogen-bond donors (Lipinski definition) is 2. The van der Waals surface area contributed by atoms with Crippen LogP contribution in [0.2, 0.25) is 5.02 Å². The van der Waals surface area contributed by atoms with E-state index in [0.717, 1.165) is 4.47 Å². The molecule has 5 nitrogen and oxygen atoms in total. The third-order valence-electron chi connectivity index (χ3n) is 2.93. The van der Waals surface area contributed by atoms with Gasteiger partial charge in [-0.25, -0.2) is 13.1 Å². The minimum atomic E-state index is -3.57. The van der Waals surface area contributed by atoms with Crippen molar-refractivity contribution in [1.29, 1.82) is 0 Å². The Labute approximate surface area is 148 Å². The topological polar surface area (TPSA) is 75.3 Å². The number of benzene rings is 2. The standard InChI is InChI=1S/C15H14BrClN2O3S/c16-11-6-7-13(14(17)10-11)15(20)18-8-9-19-23(21,22)12-4-2-1-3-5-12/h1-7,10,19H,8-9H2,(H,18,20). The maximum atomic E-state index is 12.0. The molecule has 23 heavy (non-hydrogen) atoms. The fourth-order valence-electron chi connectivity index (χ4n) is 1.81. The zero-order valence-corrected chi connectivity index (χ0v) is 15.1. The summed E-state index contributed by atoms with van der Waals surface area (Å²) in [6, 6.07) is 13.0. The maximum Gasteiger partial charge on any atom is 0.252 e. The maximum absolute atomic E-state index is 12.0. The first-order valence-electron chi connectivity index (χ1n) is 6.68. The summed E-state index contributed by atoms with van der Waals surface area (Å²) in [6.07, 6.45) is 0. The summed E-state index contributed by atoms with van der Waals surface area (Å²) in [7, 11) is -3.57. The number of carbonyl (C=O) groups excluding carboxylic acids is 1. The zero-order valence-electron chi connectivity index (χ0n) is 11.9. The molecule has 2 N–H and O–H groups in total. The smallest absolute Gasteiger partial charge is 0.252 e. The number of sulfonamides is 1. The molecular formula is C15H14BrClN2O3S. The predicted octanol–water partition coefficient (Wildman–Crippen LogP) is 2.81. The van der Waals surface area contributed by atoms with Gasteiger partial charge in [-0.15, -0.1) is 0 Å². The van der Waals surface area contributed by atoms with Crippen molar-refractivity contribution < 1.29 is 13.2 Å². The molecule has 1 amide bonds. The Balaban J connectivity index is 1.87. The van der Waals surface area contributed by atoms with Gasteiger partial charge in [-0.3, -0.25) is 4.79 Å². The lowest BCUT2D eigenvalue weighted by molar-refractivity contribution is 0.0954. The molecule has 0 aliphatic carbocycles. The second kappa shape index (κ2) is 7.92. The van der Waals surface area contributed by atoms with Crippen LogP contribution in [0.3, 0.4) is 0 Å². The van der Waals surface area contributed by atoms with Crippen LogP contribution in [0.1, 0.15) is 10.4 Å². The third kappa shape index (κ3) is 5.04. The van der Waals surface area contributed by atoms with E-state index in [9.17, 15) is 13.2 Å². The molecule has 2 aromatic carbocycles. The Kier molecular flexibility index (Phi) is 6.17. The SMILES string of the molecule is O=C(NCCNS(=O)(=O)c1ccccc1)c1ccc(Br)cc1Cl. The van der Waals surface area contributed by atoms with Gasteiger partial charge in [0.1, 0.15) is 0 Å². The second-order valence-electron chi connectivity index (χ2n) is 4.59. The first-order valence-corrected chi connectivity index (χ1v) is 9.33. The van der Waals surface area contributed by atoms with Crippen LogP contribution in [0.25, 0.3) is 0 Å². The van der Waals surface area contributed by atoms with Gasteiger partial charge in [-0.1, -0.05) is 45.7 Å². The van der Waals surface area contributed by atoms with E-state index in [2.05, 4.69) is 26.0 Å². The monoisotopic (exact) mass is 416 g/mol. The molecule has 0 saturated heterocycles. The molecule has 0 radical (unpaired) electrons. The first kappa shape index (κ1) is 17.9. The van der Waals surface area contributed by atoms with Gasteiger partial charge < -0.3 is 5.32 Å². The molecule has 0 saturated carbocycles. The van der Waals surface area contributed by atoms with E-state index in [1.165, 1.54) is 12.1 Å². The molecule has 0 unspecified atom stereocenters. The van der Waals surface area contributed by atoms with Gasteiger partial charge in [-0.05, 0) is 30.3 Å². The lowest BCUT2D eigenvalue weighted by Crippen LogP contribution is -2.34. The normalized spacial score (nSPS) is 11.2. The van der Waals surface area contributed by atoms with Crippen molar-refractivity contribution in [2.45, 2.75) is 4.90 Å². The molecule has 0 heterocycles. The summed E-state index contributed by atoms with van der Waals surface area (Å²) >= 11 is 9.25. The van der Waals surface area contributed by atoms with Gasteiger partial charge >= 0.3 is 0 Å². The predicted molar refractivity (Wildman–Crippen MR) is 93.1 cm³/mol. The summed E-state index contributed by atoms with van der Waals surface area (Å²) in [5.74, 6) is -0.360. The van der Waals surface area contributed by atoms with Crippen LogP contribution in [0, 0.1) is 0 Å². The van der Waals surface area contributed by atoms with E-state index in [0.29, 0.717) is 10.6 Å². The summed E-state index contributed by atoms with van der Waals surface area (Å²) in [5, 5.41) is 2.94. The Morgan fingerprint density at radius 2 is 1.78 bits per heavy atom. The first-order chi connectivity index (χ1) is 10.9. The van der Waals surface area contributed by atoms with Crippen molar-refractivity contribution in [1.82, 2.24) is 10.0 Å². The number of halogens is 2. The quantitative estimate of drug-likeness (QED) is 0.710.